The highest BCUT2D eigenvalue weighted by Gasteiger charge is 2.45. The van der Waals surface area contributed by atoms with Gasteiger partial charge in [-0.1, -0.05) is 13.8 Å². The van der Waals surface area contributed by atoms with Crippen molar-refractivity contribution >= 4 is 40.6 Å². The zero-order valence-corrected chi connectivity index (χ0v) is 31.2. The summed E-state index contributed by atoms with van der Waals surface area (Å²) in [5.74, 6) is -0.859. The molecule has 3 aromatic rings. The molecule has 288 valence electrons. The van der Waals surface area contributed by atoms with Gasteiger partial charge in [-0.25, -0.2) is 9.78 Å². The van der Waals surface area contributed by atoms with Crippen LogP contribution in [0.5, 0.6) is 5.75 Å². The van der Waals surface area contributed by atoms with Gasteiger partial charge < -0.3 is 24.5 Å². The van der Waals surface area contributed by atoms with Gasteiger partial charge in [0.2, 0.25) is 5.91 Å². The number of esters is 2. The SMILES string of the molecule is CCc1c2c(nc3ccc(OC(=O)[C@H]4CC[C@H](CNC(=O)[C@H]5CC[C@H](CN6C(=O)C=CC6=O)CC5)CC4)cc13)-c1cc3c(c(=O)n1C2)COC(=O)[C@]3(O)CC. The number of fused-ring (bicyclic) bond motifs is 5. The quantitative estimate of drug-likeness (QED) is 0.143. The Hall–Kier alpha value is -5.17. The number of hydrogen-bond acceptors (Lipinski definition) is 10. The molecule has 0 bridgehead atoms. The summed E-state index contributed by atoms with van der Waals surface area (Å²) in [7, 11) is 0. The van der Waals surface area contributed by atoms with E-state index in [4.69, 9.17) is 14.5 Å². The van der Waals surface area contributed by atoms with E-state index >= 15 is 0 Å². The third kappa shape index (κ3) is 6.55. The number of nitrogens with zero attached hydrogens (tertiary/aromatic N) is 3. The van der Waals surface area contributed by atoms with Crippen molar-refractivity contribution in [1.29, 1.82) is 0 Å². The lowest BCUT2D eigenvalue weighted by molar-refractivity contribution is -0.172. The fourth-order valence-corrected chi connectivity index (χ4v) is 9.28. The van der Waals surface area contributed by atoms with E-state index in [1.54, 1.807) is 23.6 Å². The van der Waals surface area contributed by atoms with Gasteiger partial charge in [0.25, 0.3) is 17.4 Å². The Morgan fingerprint density at radius 1 is 0.927 bits per heavy atom. The average Bonchev–Trinajstić information content (AvgIpc) is 3.72. The number of aliphatic hydroxyl groups is 1. The van der Waals surface area contributed by atoms with Crippen LogP contribution in [0, 0.1) is 23.7 Å². The zero-order valence-electron chi connectivity index (χ0n) is 31.2. The highest BCUT2D eigenvalue weighted by molar-refractivity contribution is 6.12. The normalized spacial score (nSPS) is 25.7. The molecule has 0 radical (unpaired) electrons. The second-order valence-corrected chi connectivity index (χ2v) is 15.8. The maximum absolute atomic E-state index is 13.7. The van der Waals surface area contributed by atoms with Gasteiger partial charge in [-0.15, -0.1) is 0 Å². The third-order valence-electron chi connectivity index (χ3n) is 12.7. The molecule has 5 heterocycles. The molecule has 2 fully saturated rings. The topological polar surface area (TPSA) is 174 Å². The molecule has 1 aromatic carbocycles. The molecule has 13 heteroatoms. The van der Waals surface area contributed by atoms with E-state index in [2.05, 4.69) is 5.32 Å². The van der Waals surface area contributed by atoms with E-state index < -0.39 is 11.6 Å². The minimum atomic E-state index is -1.90. The smallest absolute Gasteiger partial charge is 0.343 e. The predicted molar refractivity (Wildman–Crippen MR) is 199 cm³/mol. The first-order valence-electron chi connectivity index (χ1n) is 19.6. The van der Waals surface area contributed by atoms with E-state index in [1.165, 1.54) is 17.1 Å². The standard InChI is InChI=1S/C42H46N4O9/c1-3-28-29-17-27(13-14-33(29)44-37-30(28)21-45-34(37)18-32-31(39(45)50)22-54-41(52)42(32,53)4-2)55-40(51)26-11-5-23(6-12-26)19-43-38(49)25-9-7-24(8-10-25)20-46-35(47)15-16-36(46)48/h13-18,23-26,53H,3-12,19-22H2,1-2H3,(H,43,49)/t23-,24-,25-,26-,42-/m0/s1. The number of cyclic esters (lactones) is 1. The van der Waals surface area contributed by atoms with E-state index in [1.807, 2.05) is 19.1 Å². The second kappa shape index (κ2) is 14.5. The van der Waals surface area contributed by atoms with E-state index in [-0.39, 0.29) is 77.1 Å². The Labute approximate surface area is 318 Å². The fourth-order valence-electron chi connectivity index (χ4n) is 9.28. The molecule has 0 saturated heterocycles. The van der Waals surface area contributed by atoms with Crippen molar-refractivity contribution in [3.05, 3.63) is 69.0 Å². The Bertz CT molecular complexity index is 2190. The predicted octanol–water partition coefficient (Wildman–Crippen LogP) is 4.20. The number of benzene rings is 1. The van der Waals surface area contributed by atoms with E-state index in [0.29, 0.717) is 61.6 Å². The molecule has 55 heavy (non-hydrogen) atoms. The van der Waals surface area contributed by atoms with Crippen molar-refractivity contribution in [3.63, 3.8) is 0 Å². The molecular formula is C42H46N4O9. The molecule has 2 N–H and O–H groups in total. The lowest BCUT2D eigenvalue weighted by Crippen LogP contribution is -2.44. The van der Waals surface area contributed by atoms with Crippen LogP contribution in [0.15, 0.2) is 41.2 Å². The first-order chi connectivity index (χ1) is 26.5. The Morgan fingerprint density at radius 2 is 1.62 bits per heavy atom. The van der Waals surface area contributed by atoms with Gasteiger partial charge in [-0.3, -0.25) is 28.9 Å². The largest absolute Gasteiger partial charge is 0.458 e. The highest BCUT2D eigenvalue weighted by Crippen LogP contribution is 2.41. The molecule has 2 aromatic heterocycles. The van der Waals surface area contributed by atoms with Crippen LogP contribution in [0.4, 0.5) is 0 Å². The fraction of sp³-hybridized carbons (Fsp3) is 0.500. The van der Waals surface area contributed by atoms with Crippen LogP contribution < -0.4 is 15.6 Å². The van der Waals surface area contributed by atoms with Crippen molar-refractivity contribution in [1.82, 2.24) is 19.8 Å². The van der Waals surface area contributed by atoms with Crippen LogP contribution in [-0.2, 0) is 53.9 Å². The molecule has 3 aliphatic heterocycles. The summed E-state index contributed by atoms with van der Waals surface area (Å²) in [5, 5.41) is 15.2. The van der Waals surface area contributed by atoms with E-state index in [9.17, 15) is 33.9 Å². The molecule has 5 aliphatic rings. The van der Waals surface area contributed by atoms with Crippen molar-refractivity contribution in [2.75, 3.05) is 13.1 Å². The number of carbonyl (C=O) groups excluding carboxylic acids is 5. The molecule has 2 aliphatic carbocycles. The van der Waals surface area contributed by atoms with Gasteiger partial charge in [-0.05, 0) is 106 Å². The van der Waals surface area contributed by atoms with Crippen molar-refractivity contribution in [2.45, 2.75) is 96.8 Å². The van der Waals surface area contributed by atoms with Crippen LogP contribution in [0.2, 0.25) is 0 Å². The number of imide groups is 1. The number of rotatable bonds is 9. The maximum atomic E-state index is 13.7. The van der Waals surface area contributed by atoms with Crippen molar-refractivity contribution < 1.29 is 38.6 Å². The molecule has 8 rings (SSSR count). The van der Waals surface area contributed by atoms with Gasteiger partial charge in [0, 0.05) is 47.7 Å². The average molecular weight is 751 g/mol. The van der Waals surface area contributed by atoms with E-state index in [0.717, 1.165) is 55.0 Å². The molecule has 1 atom stereocenters. The lowest BCUT2D eigenvalue weighted by atomic mass is 9.80. The van der Waals surface area contributed by atoms with Gasteiger partial charge in [0.1, 0.15) is 12.4 Å². The zero-order chi connectivity index (χ0) is 38.6. The summed E-state index contributed by atoms with van der Waals surface area (Å²) in [6.45, 7) is 4.80. The summed E-state index contributed by atoms with van der Waals surface area (Å²) in [4.78, 5) is 82.6. The minimum Gasteiger partial charge on any atom is -0.458 e. The number of aryl methyl sites for hydroxylation is 1. The Morgan fingerprint density at radius 3 is 2.31 bits per heavy atom. The summed E-state index contributed by atoms with van der Waals surface area (Å²) in [5.41, 5.74) is 2.08. The first-order valence-corrected chi connectivity index (χ1v) is 19.6. The number of aromatic nitrogens is 2. The maximum Gasteiger partial charge on any atom is 0.343 e. The van der Waals surface area contributed by atoms with Gasteiger partial charge in [-0.2, -0.15) is 0 Å². The number of amides is 3. The summed E-state index contributed by atoms with van der Waals surface area (Å²) < 4.78 is 12.8. The summed E-state index contributed by atoms with van der Waals surface area (Å²) >= 11 is 0. The van der Waals surface area contributed by atoms with Crippen LogP contribution in [0.3, 0.4) is 0 Å². The van der Waals surface area contributed by atoms with Gasteiger partial charge in [0.15, 0.2) is 5.60 Å². The monoisotopic (exact) mass is 750 g/mol. The highest BCUT2D eigenvalue weighted by atomic mass is 16.6. The molecule has 0 spiro atoms. The minimum absolute atomic E-state index is 0.0580. The molecule has 2 saturated carbocycles. The summed E-state index contributed by atoms with van der Waals surface area (Å²) in [6.07, 6.45) is 9.40. The third-order valence-corrected chi connectivity index (χ3v) is 12.7. The van der Waals surface area contributed by atoms with Crippen LogP contribution >= 0.6 is 0 Å². The van der Waals surface area contributed by atoms with Crippen molar-refractivity contribution in [3.8, 4) is 17.1 Å². The van der Waals surface area contributed by atoms with Crippen LogP contribution in [0.25, 0.3) is 22.3 Å². The number of ether oxygens (including phenoxy) is 2. The van der Waals surface area contributed by atoms with Crippen molar-refractivity contribution in [2.24, 2.45) is 23.7 Å². The van der Waals surface area contributed by atoms with Crippen LogP contribution in [0.1, 0.15) is 93.9 Å². The van der Waals surface area contributed by atoms with Gasteiger partial charge >= 0.3 is 11.9 Å². The Balaban J connectivity index is 0.869. The Kier molecular flexibility index (Phi) is 9.69. The molecule has 3 amide bonds. The van der Waals surface area contributed by atoms with Gasteiger partial charge in [0.05, 0.1) is 34.9 Å². The first kappa shape index (κ1) is 36.8. The lowest BCUT2D eigenvalue weighted by Gasteiger charge is -2.31. The molecular weight excluding hydrogens is 704 g/mol. The van der Waals surface area contributed by atoms with Crippen LogP contribution in [-0.4, -0.2) is 62.3 Å². The molecule has 13 nitrogen and oxygen atoms in total. The number of carbonyl (C=O) groups is 5. The number of hydrogen-bond donors (Lipinski definition) is 2. The summed E-state index contributed by atoms with van der Waals surface area (Å²) in [6, 6.07) is 7.10. The number of nitrogens with one attached hydrogen (secondary N) is 1. The molecule has 0 unspecified atom stereocenters. The number of pyridine rings is 2. The second-order valence-electron chi connectivity index (χ2n) is 15.8.